The second kappa shape index (κ2) is 9.96. The summed E-state index contributed by atoms with van der Waals surface area (Å²) in [4.78, 5) is 19.4. The molecule has 1 saturated carbocycles. The smallest absolute Gasteiger partial charge is 0.263 e. The molecule has 2 aromatic carbocycles. The van der Waals surface area contributed by atoms with E-state index in [2.05, 4.69) is 5.32 Å². The van der Waals surface area contributed by atoms with Crippen LogP contribution in [0.3, 0.4) is 0 Å². The van der Waals surface area contributed by atoms with E-state index < -0.39 is 0 Å². The topological polar surface area (TPSA) is 86.5 Å². The summed E-state index contributed by atoms with van der Waals surface area (Å²) >= 11 is 1.34. The van der Waals surface area contributed by atoms with Crippen molar-refractivity contribution in [3.05, 3.63) is 59.5 Å². The van der Waals surface area contributed by atoms with E-state index in [4.69, 9.17) is 20.2 Å². The number of benzene rings is 2. The number of carbonyl (C=O) groups excluding carboxylic acids is 1. The van der Waals surface area contributed by atoms with Gasteiger partial charge >= 0.3 is 0 Å². The molecule has 1 aliphatic carbocycles. The van der Waals surface area contributed by atoms with Crippen molar-refractivity contribution in [1.82, 2.24) is 10.3 Å². The Morgan fingerprint density at radius 1 is 1.00 bits per heavy atom. The summed E-state index contributed by atoms with van der Waals surface area (Å²) in [6.45, 7) is 0. The molecule has 4 aromatic rings. The van der Waals surface area contributed by atoms with E-state index in [1.807, 2.05) is 54.6 Å². The van der Waals surface area contributed by atoms with Gasteiger partial charge in [0.1, 0.15) is 21.2 Å². The molecular weight excluding hydrogens is 458 g/mol. The minimum absolute atomic E-state index is 0.123. The number of fused-ring (bicyclic) bond motifs is 1. The van der Waals surface area contributed by atoms with Crippen molar-refractivity contribution in [3.8, 4) is 33.9 Å². The SMILES string of the molecule is COc1ccc(OC)c(-c2cc(-c3ccccc3)nc3sc(C(=O)NC4CCCCC4)c(N)c23)c1. The normalized spacial score (nSPS) is 14.1. The molecule has 1 aliphatic rings. The Hall–Kier alpha value is -3.58. The van der Waals surface area contributed by atoms with Crippen LogP contribution in [0.25, 0.3) is 32.6 Å². The molecule has 35 heavy (non-hydrogen) atoms. The highest BCUT2D eigenvalue weighted by Gasteiger charge is 2.25. The first kappa shape index (κ1) is 23.2. The van der Waals surface area contributed by atoms with Gasteiger partial charge in [-0.05, 0) is 37.1 Å². The van der Waals surface area contributed by atoms with Crippen LogP contribution in [-0.2, 0) is 0 Å². The number of aromatic nitrogens is 1. The number of nitrogens with zero attached hydrogens (tertiary/aromatic N) is 1. The van der Waals surface area contributed by atoms with Gasteiger partial charge in [-0.25, -0.2) is 4.98 Å². The lowest BCUT2D eigenvalue weighted by Gasteiger charge is -2.22. The Morgan fingerprint density at radius 2 is 1.77 bits per heavy atom. The first-order valence-electron chi connectivity index (χ1n) is 11.9. The van der Waals surface area contributed by atoms with Crippen LogP contribution < -0.4 is 20.5 Å². The van der Waals surface area contributed by atoms with Crippen molar-refractivity contribution in [2.75, 3.05) is 20.0 Å². The quantitative estimate of drug-likeness (QED) is 0.334. The molecule has 0 spiro atoms. The summed E-state index contributed by atoms with van der Waals surface area (Å²) in [5, 5.41) is 3.96. The van der Waals surface area contributed by atoms with Gasteiger partial charge in [-0.15, -0.1) is 11.3 Å². The Labute approximate surface area is 209 Å². The van der Waals surface area contributed by atoms with Crippen LogP contribution in [0.2, 0.25) is 0 Å². The third kappa shape index (κ3) is 4.56. The Morgan fingerprint density at radius 3 is 2.49 bits per heavy atom. The minimum Gasteiger partial charge on any atom is -0.497 e. The van der Waals surface area contributed by atoms with E-state index in [0.717, 1.165) is 58.3 Å². The first-order chi connectivity index (χ1) is 17.1. The van der Waals surface area contributed by atoms with Crippen LogP contribution in [0.4, 0.5) is 5.69 Å². The van der Waals surface area contributed by atoms with Gasteiger partial charge in [0.15, 0.2) is 0 Å². The number of ether oxygens (including phenoxy) is 2. The van der Waals surface area contributed by atoms with Crippen LogP contribution in [0.5, 0.6) is 11.5 Å². The van der Waals surface area contributed by atoms with Gasteiger partial charge in [-0.3, -0.25) is 4.79 Å². The van der Waals surface area contributed by atoms with E-state index in [1.54, 1.807) is 14.2 Å². The lowest BCUT2D eigenvalue weighted by Crippen LogP contribution is -2.36. The fraction of sp³-hybridized carbons (Fsp3) is 0.286. The number of nitrogens with two attached hydrogens (primary N) is 1. The molecule has 1 amide bonds. The first-order valence-corrected chi connectivity index (χ1v) is 12.7. The predicted molar refractivity (Wildman–Crippen MR) is 142 cm³/mol. The summed E-state index contributed by atoms with van der Waals surface area (Å²) in [5.41, 5.74) is 10.6. The lowest BCUT2D eigenvalue weighted by molar-refractivity contribution is 0.0932. The van der Waals surface area contributed by atoms with E-state index in [-0.39, 0.29) is 11.9 Å². The summed E-state index contributed by atoms with van der Waals surface area (Å²) in [7, 11) is 3.28. The number of rotatable bonds is 6. The van der Waals surface area contributed by atoms with Gasteiger partial charge < -0.3 is 20.5 Å². The Balaban J connectivity index is 1.69. The van der Waals surface area contributed by atoms with Gasteiger partial charge in [0.2, 0.25) is 0 Å². The standard InChI is InChI=1S/C28H29N3O3S/c1-33-19-13-14-23(34-2)20(15-19)21-16-22(17-9-5-3-6-10-17)31-28-24(21)25(29)26(35-28)27(32)30-18-11-7-4-8-12-18/h3,5-6,9-10,13-16,18H,4,7-8,11-12,29H2,1-2H3,(H,30,32). The fourth-order valence-electron chi connectivity index (χ4n) is 4.78. The second-order valence-corrected chi connectivity index (χ2v) is 9.82. The van der Waals surface area contributed by atoms with Crippen molar-refractivity contribution in [2.24, 2.45) is 0 Å². The maximum atomic E-state index is 13.3. The summed E-state index contributed by atoms with van der Waals surface area (Å²) < 4.78 is 11.2. The number of pyridine rings is 1. The summed E-state index contributed by atoms with van der Waals surface area (Å²) in [5.74, 6) is 1.27. The molecule has 0 bridgehead atoms. The monoisotopic (exact) mass is 487 g/mol. The molecule has 3 N–H and O–H groups in total. The molecule has 6 nitrogen and oxygen atoms in total. The van der Waals surface area contributed by atoms with Gasteiger partial charge in [0, 0.05) is 28.1 Å². The zero-order valence-electron chi connectivity index (χ0n) is 20.0. The molecule has 0 atom stereocenters. The van der Waals surface area contributed by atoms with Crippen molar-refractivity contribution < 1.29 is 14.3 Å². The second-order valence-electron chi connectivity index (χ2n) is 8.82. The van der Waals surface area contributed by atoms with Gasteiger partial charge in [-0.1, -0.05) is 49.6 Å². The number of nitrogen functional groups attached to an aromatic ring is 1. The number of amides is 1. The Bertz CT molecular complexity index is 1360. The lowest BCUT2D eigenvalue weighted by atomic mass is 9.95. The van der Waals surface area contributed by atoms with Crippen molar-refractivity contribution in [3.63, 3.8) is 0 Å². The number of hydrogen-bond donors (Lipinski definition) is 2. The maximum Gasteiger partial charge on any atom is 0.263 e. The van der Waals surface area contributed by atoms with Crippen LogP contribution in [-0.4, -0.2) is 31.2 Å². The molecule has 0 radical (unpaired) electrons. The van der Waals surface area contributed by atoms with E-state index in [1.165, 1.54) is 17.8 Å². The van der Waals surface area contributed by atoms with E-state index >= 15 is 0 Å². The highest BCUT2D eigenvalue weighted by Crippen LogP contribution is 2.44. The zero-order valence-corrected chi connectivity index (χ0v) is 20.8. The molecule has 0 unspecified atom stereocenters. The molecule has 0 saturated heterocycles. The van der Waals surface area contributed by atoms with Crippen molar-refractivity contribution >= 4 is 33.1 Å². The molecule has 7 heteroatoms. The largest absolute Gasteiger partial charge is 0.497 e. The predicted octanol–water partition coefficient (Wildman–Crippen LogP) is 6.29. The fourth-order valence-corrected chi connectivity index (χ4v) is 5.80. The number of thiophene rings is 1. The number of carbonyl (C=O) groups is 1. The average Bonchev–Trinajstić information content (AvgIpc) is 3.25. The molecule has 5 rings (SSSR count). The van der Waals surface area contributed by atoms with Crippen molar-refractivity contribution in [1.29, 1.82) is 0 Å². The molecule has 180 valence electrons. The molecule has 2 heterocycles. The highest BCUT2D eigenvalue weighted by molar-refractivity contribution is 7.21. The molecule has 2 aromatic heterocycles. The van der Waals surface area contributed by atoms with E-state index in [9.17, 15) is 4.79 Å². The molecule has 1 fully saturated rings. The number of anilines is 1. The van der Waals surface area contributed by atoms with Crippen molar-refractivity contribution in [2.45, 2.75) is 38.1 Å². The van der Waals surface area contributed by atoms with E-state index in [0.29, 0.717) is 22.1 Å². The van der Waals surface area contributed by atoms with Crippen LogP contribution in [0.1, 0.15) is 41.8 Å². The van der Waals surface area contributed by atoms with Gasteiger partial charge in [-0.2, -0.15) is 0 Å². The van der Waals surface area contributed by atoms with Crippen LogP contribution in [0.15, 0.2) is 54.6 Å². The van der Waals surface area contributed by atoms with Gasteiger partial charge in [0.25, 0.3) is 5.91 Å². The maximum absolute atomic E-state index is 13.3. The average molecular weight is 488 g/mol. The van der Waals surface area contributed by atoms with Crippen LogP contribution >= 0.6 is 11.3 Å². The molecule has 0 aliphatic heterocycles. The number of methoxy groups -OCH3 is 2. The zero-order chi connectivity index (χ0) is 24.4. The summed E-state index contributed by atoms with van der Waals surface area (Å²) in [6, 6.07) is 17.9. The van der Waals surface area contributed by atoms with Gasteiger partial charge in [0.05, 0.1) is 25.6 Å². The molecular formula is C28H29N3O3S. The number of hydrogen-bond acceptors (Lipinski definition) is 6. The third-order valence-corrected chi connectivity index (χ3v) is 7.71. The Kier molecular flexibility index (Phi) is 6.59. The summed E-state index contributed by atoms with van der Waals surface area (Å²) in [6.07, 6.45) is 5.55. The number of nitrogens with one attached hydrogen (secondary N) is 1. The van der Waals surface area contributed by atoms with Crippen LogP contribution in [0, 0.1) is 0 Å². The highest BCUT2D eigenvalue weighted by atomic mass is 32.1. The minimum atomic E-state index is -0.123. The third-order valence-electron chi connectivity index (χ3n) is 6.61.